The maximum absolute atomic E-state index is 12.9. The minimum Gasteiger partial charge on any atom is -0.315 e. The van der Waals surface area contributed by atoms with Crippen LogP contribution in [0.1, 0.15) is 12.0 Å². The summed E-state index contributed by atoms with van der Waals surface area (Å²) in [5, 5.41) is 2.48. The van der Waals surface area contributed by atoms with Crippen LogP contribution in [0, 0.1) is 0 Å². The topological polar surface area (TPSA) is 58.2 Å². The van der Waals surface area contributed by atoms with Crippen LogP contribution in [-0.4, -0.2) is 27.5 Å². The zero-order valence-electron chi connectivity index (χ0n) is 10.6. The van der Waals surface area contributed by atoms with Crippen LogP contribution < -0.4 is 10.0 Å². The highest BCUT2D eigenvalue weighted by molar-refractivity contribution is 7.89. The van der Waals surface area contributed by atoms with E-state index >= 15 is 0 Å². The molecule has 0 bridgehead atoms. The highest BCUT2D eigenvalue weighted by Gasteiger charge is 2.39. The second kappa shape index (κ2) is 6.70. The van der Waals surface area contributed by atoms with Crippen LogP contribution in [0.2, 0.25) is 5.02 Å². The van der Waals surface area contributed by atoms with Crippen molar-refractivity contribution in [1.82, 2.24) is 10.0 Å². The highest BCUT2D eigenvalue weighted by Crippen LogP contribution is 2.37. The van der Waals surface area contributed by atoms with Crippen molar-refractivity contribution >= 4 is 34.0 Å². The predicted octanol–water partition coefficient (Wildman–Crippen LogP) is 2.42. The number of halogens is 5. The molecule has 0 saturated carbocycles. The van der Waals surface area contributed by atoms with Crippen LogP contribution >= 0.6 is 24.0 Å². The molecule has 1 aromatic rings. The van der Waals surface area contributed by atoms with Crippen molar-refractivity contribution in [2.45, 2.75) is 23.5 Å². The van der Waals surface area contributed by atoms with Crippen molar-refractivity contribution in [1.29, 1.82) is 0 Å². The molecule has 10 heteroatoms. The number of sulfonamides is 1. The van der Waals surface area contributed by atoms with Gasteiger partial charge in [-0.2, -0.15) is 13.2 Å². The molecule has 0 aromatic heterocycles. The second-order valence-electron chi connectivity index (χ2n) is 4.43. The first-order valence-electron chi connectivity index (χ1n) is 5.80. The van der Waals surface area contributed by atoms with Gasteiger partial charge in [0.1, 0.15) is 4.90 Å². The molecule has 1 fully saturated rings. The second-order valence-corrected chi connectivity index (χ2v) is 6.48. The summed E-state index contributed by atoms with van der Waals surface area (Å²) in [4.78, 5) is -0.916. The molecule has 0 radical (unpaired) electrons. The lowest BCUT2D eigenvalue weighted by molar-refractivity contribution is -0.139. The highest BCUT2D eigenvalue weighted by atomic mass is 35.5. The molecule has 1 atom stereocenters. The van der Waals surface area contributed by atoms with Crippen LogP contribution in [0.4, 0.5) is 13.2 Å². The minimum absolute atomic E-state index is 0. The van der Waals surface area contributed by atoms with Gasteiger partial charge in [0, 0.05) is 12.6 Å². The molecule has 1 saturated heterocycles. The third kappa shape index (κ3) is 4.23. The van der Waals surface area contributed by atoms with Gasteiger partial charge in [0.05, 0.1) is 10.6 Å². The molecular weight excluding hydrogens is 352 g/mol. The fourth-order valence-electron chi connectivity index (χ4n) is 2.04. The van der Waals surface area contributed by atoms with Crippen LogP contribution in [0.15, 0.2) is 23.1 Å². The van der Waals surface area contributed by atoms with Gasteiger partial charge in [-0.05, 0) is 25.1 Å². The molecule has 1 aliphatic rings. The van der Waals surface area contributed by atoms with Crippen LogP contribution in [0.3, 0.4) is 0 Å². The maximum atomic E-state index is 12.9. The monoisotopic (exact) mass is 364 g/mol. The summed E-state index contributed by atoms with van der Waals surface area (Å²) in [7, 11) is -4.33. The van der Waals surface area contributed by atoms with Crippen molar-refractivity contribution < 1.29 is 21.6 Å². The smallest absolute Gasteiger partial charge is 0.315 e. The summed E-state index contributed by atoms with van der Waals surface area (Å²) in [5.74, 6) is 0. The van der Waals surface area contributed by atoms with Crippen LogP contribution in [-0.2, 0) is 16.2 Å². The molecule has 0 aliphatic carbocycles. The van der Waals surface area contributed by atoms with Gasteiger partial charge < -0.3 is 5.32 Å². The molecule has 120 valence electrons. The zero-order chi connectivity index (χ0) is 15.0. The van der Waals surface area contributed by atoms with Gasteiger partial charge in [0.15, 0.2) is 0 Å². The molecule has 0 spiro atoms. The number of nitrogens with one attached hydrogen (secondary N) is 2. The van der Waals surface area contributed by atoms with E-state index in [1.165, 1.54) is 0 Å². The van der Waals surface area contributed by atoms with E-state index in [1.807, 2.05) is 0 Å². The zero-order valence-corrected chi connectivity index (χ0v) is 13.0. The van der Waals surface area contributed by atoms with E-state index in [0.717, 1.165) is 12.1 Å². The van der Waals surface area contributed by atoms with E-state index < -0.39 is 37.7 Å². The van der Waals surface area contributed by atoms with E-state index in [0.29, 0.717) is 25.6 Å². The first-order valence-corrected chi connectivity index (χ1v) is 7.66. The van der Waals surface area contributed by atoms with E-state index in [2.05, 4.69) is 10.0 Å². The minimum atomic E-state index is -4.79. The van der Waals surface area contributed by atoms with E-state index in [-0.39, 0.29) is 12.4 Å². The lowest BCUT2D eigenvalue weighted by atomic mass is 10.2. The Morgan fingerprint density at radius 2 is 2.00 bits per heavy atom. The van der Waals surface area contributed by atoms with Crippen molar-refractivity contribution in [3.05, 3.63) is 28.8 Å². The normalized spacial score (nSPS) is 19.3. The quantitative estimate of drug-likeness (QED) is 0.865. The summed E-state index contributed by atoms with van der Waals surface area (Å²) >= 11 is 5.67. The Morgan fingerprint density at radius 1 is 1.33 bits per heavy atom. The predicted molar refractivity (Wildman–Crippen MR) is 75.3 cm³/mol. The molecule has 1 unspecified atom stereocenters. The Balaban J connectivity index is 0.00000220. The van der Waals surface area contributed by atoms with Gasteiger partial charge in [-0.1, -0.05) is 17.7 Å². The molecule has 2 N–H and O–H groups in total. The number of benzene rings is 1. The average Bonchev–Trinajstić information content (AvgIpc) is 2.79. The Hall–Kier alpha value is -0.540. The van der Waals surface area contributed by atoms with Crippen molar-refractivity contribution in [3.63, 3.8) is 0 Å². The average molecular weight is 365 g/mol. The standard InChI is InChI=1S/C11H12ClF3N2O2S.ClH/c12-9-3-1-2-8(11(13,14)15)10(9)20(18,19)17-7-4-5-16-6-7;/h1-3,7,16-17H,4-6H2;1H. The van der Waals surface area contributed by atoms with Crippen LogP contribution in [0.25, 0.3) is 0 Å². The first-order chi connectivity index (χ1) is 9.22. The number of hydrogen-bond acceptors (Lipinski definition) is 3. The number of rotatable bonds is 3. The van der Waals surface area contributed by atoms with Gasteiger partial charge in [-0.15, -0.1) is 12.4 Å². The lowest BCUT2D eigenvalue weighted by Crippen LogP contribution is -2.37. The lowest BCUT2D eigenvalue weighted by Gasteiger charge is -2.17. The van der Waals surface area contributed by atoms with Gasteiger partial charge >= 0.3 is 6.18 Å². The fourth-order valence-corrected chi connectivity index (χ4v) is 4.07. The molecule has 4 nitrogen and oxygen atoms in total. The fraction of sp³-hybridized carbons (Fsp3) is 0.455. The van der Waals surface area contributed by atoms with E-state index in [1.54, 1.807) is 0 Å². The van der Waals surface area contributed by atoms with Gasteiger partial charge in [-0.3, -0.25) is 0 Å². The maximum Gasteiger partial charge on any atom is 0.417 e. The molecule has 1 heterocycles. The van der Waals surface area contributed by atoms with Crippen molar-refractivity contribution in [3.8, 4) is 0 Å². The molecule has 1 aliphatic heterocycles. The molecule has 0 amide bonds. The largest absolute Gasteiger partial charge is 0.417 e. The molecule has 1 aromatic carbocycles. The summed E-state index contributed by atoms with van der Waals surface area (Å²) in [6.45, 7) is 0.993. The van der Waals surface area contributed by atoms with Crippen LogP contribution in [0.5, 0.6) is 0 Å². The third-order valence-corrected chi connectivity index (χ3v) is 4.97. The number of hydrogen-bond donors (Lipinski definition) is 2. The summed E-state index contributed by atoms with van der Waals surface area (Å²) in [5.41, 5.74) is -1.26. The summed E-state index contributed by atoms with van der Waals surface area (Å²) < 4.78 is 65.3. The van der Waals surface area contributed by atoms with Gasteiger partial charge in [-0.25, -0.2) is 13.1 Å². The summed E-state index contributed by atoms with van der Waals surface area (Å²) in [6.07, 6.45) is -4.27. The Morgan fingerprint density at radius 3 is 2.52 bits per heavy atom. The third-order valence-electron chi connectivity index (χ3n) is 2.92. The molecular formula is C11H13Cl2F3N2O2S. The van der Waals surface area contributed by atoms with E-state index in [9.17, 15) is 21.6 Å². The van der Waals surface area contributed by atoms with Crippen molar-refractivity contribution in [2.75, 3.05) is 13.1 Å². The van der Waals surface area contributed by atoms with Crippen molar-refractivity contribution in [2.24, 2.45) is 0 Å². The Labute approximate surface area is 131 Å². The first kappa shape index (κ1) is 18.5. The number of alkyl halides is 3. The summed E-state index contributed by atoms with van der Waals surface area (Å²) in [6, 6.07) is 2.46. The van der Waals surface area contributed by atoms with Gasteiger partial charge in [0.25, 0.3) is 0 Å². The Bertz CT molecular complexity index is 602. The molecule has 2 rings (SSSR count). The van der Waals surface area contributed by atoms with E-state index in [4.69, 9.17) is 11.6 Å². The Kier molecular flexibility index (Phi) is 5.91. The SMILES string of the molecule is Cl.O=S(=O)(NC1CCNC1)c1c(Cl)cccc1C(F)(F)F. The molecule has 21 heavy (non-hydrogen) atoms. The van der Waals surface area contributed by atoms with Gasteiger partial charge in [0.2, 0.25) is 10.0 Å².